The summed E-state index contributed by atoms with van der Waals surface area (Å²) in [6.07, 6.45) is 2.90. The fraction of sp³-hybridized carbons (Fsp3) is 0.0952. The van der Waals surface area contributed by atoms with Crippen molar-refractivity contribution in [1.29, 1.82) is 0 Å². The van der Waals surface area contributed by atoms with Gasteiger partial charge >= 0.3 is 0 Å². The van der Waals surface area contributed by atoms with E-state index >= 15 is 0 Å². The highest BCUT2D eigenvalue weighted by atomic mass is 16.6. The molecule has 3 rings (SSSR count). The molecule has 0 amide bonds. The Morgan fingerprint density at radius 3 is 2.30 bits per heavy atom. The summed E-state index contributed by atoms with van der Waals surface area (Å²) < 4.78 is 0. The second-order valence-corrected chi connectivity index (χ2v) is 5.37. The summed E-state index contributed by atoms with van der Waals surface area (Å²) >= 11 is 0. The third-order valence-electron chi connectivity index (χ3n) is 3.61. The molecule has 0 heterocycles. The van der Waals surface area contributed by atoms with E-state index in [-0.39, 0.29) is 0 Å². The summed E-state index contributed by atoms with van der Waals surface area (Å²) in [5, 5.41) is 3.95. The van der Waals surface area contributed by atoms with Crippen LogP contribution in [0.5, 0.6) is 0 Å². The lowest BCUT2D eigenvalue weighted by molar-refractivity contribution is 0.132. The Kier molecular flexibility index (Phi) is 4.85. The second-order valence-electron chi connectivity index (χ2n) is 5.37. The first-order chi connectivity index (χ1) is 11.3. The van der Waals surface area contributed by atoms with Crippen LogP contribution in [0.2, 0.25) is 0 Å². The molecule has 113 valence electrons. The summed E-state index contributed by atoms with van der Waals surface area (Å²) in [4.78, 5) is 5.43. The Balaban J connectivity index is 1.68. The second kappa shape index (κ2) is 7.41. The van der Waals surface area contributed by atoms with Crippen molar-refractivity contribution in [2.45, 2.75) is 13.5 Å². The highest BCUT2D eigenvalue weighted by molar-refractivity contribution is 5.79. The molecule has 23 heavy (non-hydrogen) atoms. The zero-order valence-electron chi connectivity index (χ0n) is 13.1. The van der Waals surface area contributed by atoms with Gasteiger partial charge in [-0.15, -0.1) is 0 Å². The molecule has 0 atom stereocenters. The van der Waals surface area contributed by atoms with Crippen molar-refractivity contribution in [1.82, 2.24) is 0 Å². The molecule has 1 radical (unpaired) electrons. The minimum Gasteiger partial charge on any atom is -0.390 e. The van der Waals surface area contributed by atoms with Crippen LogP contribution in [-0.4, -0.2) is 6.21 Å². The van der Waals surface area contributed by atoms with Gasteiger partial charge in [0.1, 0.15) is 12.8 Å². The van der Waals surface area contributed by atoms with Crippen LogP contribution in [-0.2, 0) is 11.4 Å². The Morgan fingerprint density at radius 1 is 0.826 bits per heavy atom. The molecule has 3 aromatic rings. The van der Waals surface area contributed by atoms with Crippen LogP contribution in [0.1, 0.15) is 16.7 Å². The van der Waals surface area contributed by atoms with E-state index in [1.165, 1.54) is 16.7 Å². The Bertz CT molecular complexity index is 776. The first-order valence-electron chi connectivity index (χ1n) is 7.61. The van der Waals surface area contributed by atoms with E-state index in [9.17, 15) is 0 Å². The van der Waals surface area contributed by atoms with E-state index in [4.69, 9.17) is 4.84 Å². The molecule has 0 aromatic heterocycles. The maximum absolute atomic E-state index is 5.43. The molecule has 0 N–H and O–H groups in total. The van der Waals surface area contributed by atoms with Crippen molar-refractivity contribution in [2.24, 2.45) is 5.16 Å². The highest BCUT2D eigenvalue weighted by Gasteiger charge is 2.04. The van der Waals surface area contributed by atoms with E-state index < -0.39 is 0 Å². The fourth-order valence-electron chi connectivity index (χ4n) is 2.36. The van der Waals surface area contributed by atoms with Gasteiger partial charge in [-0.3, -0.25) is 0 Å². The maximum Gasteiger partial charge on any atom is 0.142 e. The number of aryl methyl sites for hydroxylation is 1. The van der Waals surface area contributed by atoms with Crippen LogP contribution < -0.4 is 0 Å². The molecule has 0 saturated heterocycles. The minimum atomic E-state index is 0.421. The van der Waals surface area contributed by atoms with Gasteiger partial charge in [-0.1, -0.05) is 89.6 Å². The molecule has 2 nitrogen and oxygen atoms in total. The predicted molar refractivity (Wildman–Crippen MR) is 94.4 cm³/mol. The quantitative estimate of drug-likeness (QED) is 0.475. The summed E-state index contributed by atoms with van der Waals surface area (Å²) in [5.41, 5.74) is 5.57. The van der Waals surface area contributed by atoms with Crippen molar-refractivity contribution in [3.05, 3.63) is 95.6 Å². The first-order valence-corrected chi connectivity index (χ1v) is 7.61. The molecule has 0 spiro atoms. The van der Waals surface area contributed by atoms with E-state index in [1.54, 1.807) is 0 Å². The number of hydrogen-bond donors (Lipinski definition) is 0. The normalized spacial score (nSPS) is 10.8. The molecular weight excluding hydrogens is 282 g/mol. The third kappa shape index (κ3) is 4.07. The average molecular weight is 300 g/mol. The van der Waals surface area contributed by atoms with Gasteiger partial charge in [0, 0.05) is 5.56 Å². The van der Waals surface area contributed by atoms with Crippen LogP contribution in [0, 0.1) is 6.92 Å². The van der Waals surface area contributed by atoms with Crippen molar-refractivity contribution in [3.63, 3.8) is 0 Å². The lowest BCUT2D eigenvalue weighted by Gasteiger charge is -2.08. The third-order valence-corrected chi connectivity index (χ3v) is 3.61. The van der Waals surface area contributed by atoms with Crippen molar-refractivity contribution >= 4 is 6.21 Å². The number of hydrogen-bond acceptors (Lipinski definition) is 2. The number of rotatable bonds is 5. The SMILES string of the molecule is Cc1ccc(/[C]=N/OCc2ccccc2-c2ccccc2)cc1. The van der Waals surface area contributed by atoms with Gasteiger partial charge in [-0.2, -0.15) is 0 Å². The lowest BCUT2D eigenvalue weighted by Crippen LogP contribution is -1.92. The highest BCUT2D eigenvalue weighted by Crippen LogP contribution is 2.23. The van der Waals surface area contributed by atoms with Gasteiger partial charge in [-0.05, 0) is 23.6 Å². The topological polar surface area (TPSA) is 21.6 Å². The average Bonchev–Trinajstić information content (AvgIpc) is 2.61. The summed E-state index contributed by atoms with van der Waals surface area (Å²) in [7, 11) is 0. The largest absolute Gasteiger partial charge is 0.390 e. The molecule has 0 aliphatic carbocycles. The van der Waals surface area contributed by atoms with E-state index in [2.05, 4.69) is 42.6 Å². The minimum absolute atomic E-state index is 0.421. The van der Waals surface area contributed by atoms with Crippen LogP contribution in [0.15, 0.2) is 84.0 Å². The Labute approximate surface area is 137 Å². The molecule has 0 aliphatic heterocycles. The van der Waals surface area contributed by atoms with Gasteiger partial charge in [0.25, 0.3) is 0 Å². The number of nitrogens with zero attached hydrogens (tertiary/aromatic N) is 1. The zero-order valence-corrected chi connectivity index (χ0v) is 13.1. The standard InChI is InChI=1S/C21H18NO/c1-17-11-13-18(14-12-17)15-22-23-16-20-9-5-6-10-21(20)19-7-3-2-4-8-19/h2-14H,16H2,1H3. The van der Waals surface area contributed by atoms with Crippen molar-refractivity contribution < 1.29 is 4.84 Å². The zero-order chi connectivity index (χ0) is 15.9. The van der Waals surface area contributed by atoms with Crippen molar-refractivity contribution in [3.8, 4) is 11.1 Å². The monoisotopic (exact) mass is 300 g/mol. The van der Waals surface area contributed by atoms with Gasteiger partial charge in [0.05, 0.1) is 0 Å². The molecule has 0 unspecified atom stereocenters. The molecule has 3 aromatic carbocycles. The van der Waals surface area contributed by atoms with Crippen molar-refractivity contribution in [2.75, 3.05) is 0 Å². The molecule has 0 aliphatic rings. The van der Waals surface area contributed by atoms with Crippen LogP contribution in [0.25, 0.3) is 11.1 Å². The van der Waals surface area contributed by atoms with E-state index in [1.807, 2.05) is 54.6 Å². The fourth-order valence-corrected chi connectivity index (χ4v) is 2.36. The van der Waals surface area contributed by atoms with E-state index in [0.29, 0.717) is 6.61 Å². The Morgan fingerprint density at radius 2 is 1.52 bits per heavy atom. The van der Waals surface area contributed by atoms with Crippen LogP contribution in [0.3, 0.4) is 0 Å². The smallest absolute Gasteiger partial charge is 0.142 e. The summed E-state index contributed by atoms with van der Waals surface area (Å²) in [6, 6.07) is 26.5. The molecule has 2 heteroatoms. The first kappa shape index (κ1) is 15.0. The van der Waals surface area contributed by atoms with Gasteiger partial charge < -0.3 is 4.84 Å². The van der Waals surface area contributed by atoms with Gasteiger partial charge in [0.2, 0.25) is 0 Å². The predicted octanol–water partition coefficient (Wildman–Crippen LogP) is 5.09. The summed E-state index contributed by atoms with van der Waals surface area (Å²) in [5.74, 6) is 0. The van der Waals surface area contributed by atoms with Crippen LogP contribution in [0.4, 0.5) is 0 Å². The van der Waals surface area contributed by atoms with E-state index in [0.717, 1.165) is 11.1 Å². The van der Waals surface area contributed by atoms with Gasteiger partial charge in [-0.25, -0.2) is 0 Å². The summed E-state index contributed by atoms with van der Waals surface area (Å²) in [6.45, 7) is 2.47. The van der Waals surface area contributed by atoms with Gasteiger partial charge in [0.15, 0.2) is 0 Å². The lowest BCUT2D eigenvalue weighted by atomic mass is 10.0. The molecule has 0 saturated carbocycles. The number of benzene rings is 3. The van der Waals surface area contributed by atoms with Crippen LogP contribution >= 0.6 is 0 Å². The molecular formula is C21H18NO. The maximum atomic E-state index is 5.43. The molecule has 0 fully saturated rings. The Hall–Kier alpha value is -2.87. The molecule has 0 bridgehead atoms.